The molecule has 1 aromatic carbocycles. The zero-order valence-electron chi connectivity index (χ0n) is 16.2. The molecule has 2 aromatic rings. The maximum Gasteiger partial charge on any atom is 0.407 e. The van der Waals surface area contributed by atoms with Crippen LogP contribution in [0.5, 0.6) is 0 Å². The molecular weight excluding hydrogens is 364 g/mol. The van der Waals surface area contributed by atoms with E-state index in [0.29, 0.717) is 13.1 Å². The molecule has 1 N–H and O–H groups in total. The SMILES string of the molecule is CCN(C[C@@]12CC[C@@H](c3cc(-c4c(F)cccc4F)nnc31)C2(C)C)C(=O)O. The summed E-state index contributed by atoms with van der Waals surface area (Å²) < 4.78 is 28.5. The number of hydrogen-bond acceptors (Lipinski definition) is 3. The molecule has 0 spiro atoms. The molecule has 2 bridgehead atoms. The van der Waals surface area contributed by atoms with Crippen LogP contribution in [0.2, 0.25) is 0 Å². The number of halogens is 2. The molecule has 148 valence electrons. The first-order valence-electron chi connectivity index (χ1n) is 9.53. The lowest BCUT2D eigenvalue weighted by atomic mass is 9.68. The van der Waals surface area contributed by atoms with Crippen molar-refractivity contribution in [3.63, 3.8) is 0 Å². The molecule has 1 amide bonds. The van der Waals surface area contributed by atoms with E-state index in [1.165, 1.54) is 23.1 Å². The Balaban J connectivity index is 1.84. The van der Waals surface area contributed by atoms with Crippen LogP contribution in [0.25, 0.3) is 11.3 Å². The maximum absolute atomic E-state index is 14.2. The number of nitrogens with zero attached hydrogens (tertiary/aromatic N) is 3. The first-order valence-corrected chi connectivity index (χ1v) is 9.53. The van der Waals surface area contributed by atoms with Crippen LogP contribution >= 0.6 is 0 Å². The molecule has 1 fully saturated rings. The lowest BCUT2D eigenvalue weighted by Crippen LogP contribution is -2.48. The average molecular weight is 387 g/mol. The van der Waals surface area contributed by atoms with Gasteiger partial charge in [-0.3, -0.25) is 0 Å². The highest BCUT2D eigenvalue weighted by atomic mass is 19.1. The van der Waals surface area contributed by atoms with Crippen LogP contribution in [-0.2, 0) is 5.41 Å². The highest BCUT2D eigenvalue weighted by Gasteiger charge is 2.64. The van der Waals surface area contributed by atoms with E-state index in [0.717, 1.165) is 24.1 Å². The van der Waals surface area contributed by atoms with Gasteiger partial charge in [0.25, 0.3) is 0 Å². The second-order valence-electron chi connectivity index (χ2n) is 8.32. The first-order chi connectivity index (χ1) is 13.2. The van der Waals surface area contributed by atoms with Gasteiger partial charge in [-0.25, -0.2) is 13.6 Å². The Morgan fingerprint density at radius 3 is 2.57 bits per heavy atom. The summed E-state index contributed by atoms with van der Waals surface area (Å²) in [6.45, 7) is 6.81. The zero-order chi connectivity index (χ0) is 20.3. The number of carbonyl (C=O) groups is 1. The molecule has 0 saturated heterocycles. The number of hydrogen-bond donors (Lipinski definition) is 1. The summed E-state index contributed by atoms with van der Waals surface area (Å²) in [5.41, 5.74) is 1.05. The van der Waals surface area contributed by atoms with Crippen molar-refractivity contribution in [2.75, 3.05) is 13.1 Å². The first kappa shape index (κ1) is 18.8. The number of fused-ring (bicyclic) bond motifs is 5. The molecule has 1 aromatic heterocycles. The predicted molar refractivity (Wildman–Crippen MR) is 100 cm³/mol. The summed E-state index contributed by atoms with van der Waals surface area (Å²) >= 11 is 0. The van der Waals surface area contributed by atoms with Gasteiger partial charge in [0, 0.05) is 18.5 Å². The molecule has 2 aliphatic rings. The van der Waals surface area contributed by atoms with Crippen molar-refractivity contribution in [3.8, 4) is 11.3 Å². The largest absolute Gasteiger partial charge is 0.465 e. The average Bonchev–Trinajstić information content (AvgIpc) is 3.00. The highest BCUT2D eigenvalue weighted by Crippen LogP contribution is 2.67. The second-order valence-corrected chi connectivity index (χ2v) is 8.32. The van der Waals surface area contributed by atoms with Crippen molar-refractivity contribution in [1.29, 1.82) is 0 Å². The van der Waals surface area contributed by atoms with E-state index < -0.39 is 23.1 Å². The highest BCUT2D eigenvalue weighted by molar-refractivity contribution is 5.66. The second kappa shape index (κ2) is 6.22. The third-order valence-electron chi connectivity index (χ3n) is 6.95. The Labute approximate surface area is 162 Å². The van der Waals surface area contributed by atoms with Crippen LogP contribution in [0.4, 0.5) is 13.6 Å². The number of rotatable bonds is 4. The van der Waals surface area contributed by atoms with E-state index >= 15 is 0 Å². The summed E-state index contributed by atoms with van der Waals surface area (Å²) in [6, 6.07) is 5.47. The van der Waals surface area contributed by atoms with Crippen molar-refractivity contribution in [3.05, 3.63) is 47.2 Å². The minimum atomic E-state index is -0.956. The molecule has 5 nitrogen and oxygen atoms in total. The molecule has 0 unspecified atom stereocenters. The van der Waals surface area contributed by atoms with Gasteiger partial charge < -0.3 is 10.0 Å². The lowest BCUT2D eigenvalue weighted by molar-refractivity contribution is 0.106. The molecular formula is C21H23F2N3O2. The predicted octanol–water partition coefficient (Wildman–Crippen LogP) is 4.58. The molecule has 0 radical (unpaired) electrons. The van der Waals surface area contributed by atoms with Crippen LogP contribution in [0.15, 0.2) is 24.3 Å². The smallest absolute Gasteiger partial charge is 0.407 e. The summed E-state index contributed by atoms with van der Waals surface area (Å²) in [7, 11) is 0. The Bertz CT molecular complexity index is 942. The molecule has 1 saturated carbocycles. The van der Waals surface area contributed by atoms with Gasteiger partial charge in [-0.2, -0.15) is 10.2 Å². The van der Waals surface area contributed by atoms with Crippen molar-refractivity contribution >= 4 is 6.09 Å². The van der Waals surface area contributed by atoms with Gasteiger partial charge in [-0.05, 0) is 54.9 Å². The minimum absolute atomic E-state index is 0.152. The van der Waals surface area contributed by atoms with Gasteiger partial charge in [0.2, 0.25) is 0 Å². The fourth-order valence-electron chi connectivity index (χ4n) is 5.28. The van der Waals surface area contributed by atoms with Crippen LogP contribution in [0.3, 0.4) is 0 Å². The molecule has 1 heterocycles. The summed E-state index contributed by atoms with van der Waals surface area (Å²) in [4.78, 5) is 13.0. The Hall–Kier alpha value is -2.57. The maximum atomic E-state index is 14.2. The fraction of sp³-hybridized carbons (Fsp3) is 0.476. The van der Waals surface area contributed by atoms with Gasteiger partial charge >= 0.3 is 6.09 Å². The molecule has 2 atom stereocenters. The third-order valence-corrected chi connectivity index (χ3v) is 6.95. The van der Waals surface area contributed by atoms with E-state index in [-0.39, 0.29) is 22.6 Å². The van der Waals surface area contributed by atoms with Crippen molar-refractivity contribution in [2.24, 2.45) is 5.41 Å². The molecule has 7 heteroatoms. The van der Waals surface area contributed by atoms with Crippen LogP contribution in [0.1, 0.15) is 50.8 Å². The number of carboxylic acid groups (broad SMARTS) is 1. The fourth-order valence-corrected chi connectivity index (χ4v) is 5.28. The minimum Gasteiger partial charge on any atom is -0.465 e. The summed E-state index contributed by atoms with van der Waals surface area (Å²) in [5, 5.41) is 18.1. The quantitative estimate of drug-likeness (QED) is 0.834. The van der Waals surface area contributed by atoms with E-state index in [9.17, 15) is 18.7 Å². The van der Waals surface area contributed by atoms with Crippen LogP contribution < -0.4 is 0 Å². The molecule has 4 rings (SSSR count). The Morgan fingerprint density at radius 1 is 1.29 bits per heavy atom. The third kappa shape index (κ3) is 2.38. The van der Waals surface area contributed by atoms with Crippen LogP contribution in [-0.4, -0.2) is 39.4 Å². The van der Waals surface area contributed by atoms with Gasteiger partial charge in [-0.1, -0.05) is 19.9 Å². The standard InChI is InChI=1S/C21H23F2N3O2/c1-4-26(19(27)28)11-21-9-8-13(20(21,2)3)12-10-16(24-25-18(12)21)17-14(22)6-5-7-15(17)23/h5-7,10,13H,4,8-9,11H2,1-3H3,(H,27,28)/t13-,21-/m0/s1. The molecule has 28 heavy (non-hydrogen) atoms. The van der Waals surface area contributed by atoms with Gasteiger partial charge in [-0.15, -0.1) is 0 Å². The number of amides is 1. The number of benzene rings is 1. The van der Waals surface area contributed by atoms with Gasteiger partial charge in [0.05, 0.1) is 17.0 Å². The number of aromatic nitrogens is 2. The summed E-state index contributed by atoms with van der Waals surface area (Å²) in [5.74, 6) is -1.19. The monoisotopic (exact) mass is 387 g/mol. The van der Waals surface area contributed by atoms with E-state index in [1.54, 1.807) is 6.07 Å². The summed E-state index contributed by atoms with van der Waals surface area (Å²) in [6.07, 6.45) is 0.758. The van der Waals surface area contributed by atoms with E-state index in [2.05, 4.69) is 24.0 Å². The van der Waals surface area contributed by atoms with E-state index in [1.807, 2.05) is 6.92 Å². The Kier molecular flexibility index (Phi) is 4.17. The Morgan fingerprint density at radius 2 is 1.96 bits per heavy atom. The normalized spacial score (nSPS) is 24.2. The lowest BCUT2D eigenvalue weighted by Gasteiger charge is -2.40. The molecule has 2 aliphatic carbocycles. The topological polar surface area (TPSA) is 66.3 Å². The van der Waals surface area contributed by atoms with Gasteiger partial charge in [0.1, 0.15) is 11.6 Å². The van der Waals surface area contributed by atoms with Crippen molar-refractivity contribution < 1.29 is 18.7 Å². The van der Waals surface area contributed by atoms with Crippen molar-refractivity contribution in [2.45, 2.75) is 44.9 Å². The molecule has 0 aliphatic heterocycles. The van der Waals surface area contributed by atoms with Gasteiger partial charge in [0.15, 0.2) is 0 Å². The van der Waals surface area contributed by atoms with E-state index in [4.69, 9.17) is 0 Å². The zero-order valence-corrected chi connectivity index (χ0v) is 16.2. The van der Waals surface area contributed by atoms with Crippen molar-refractivity contribution in [1.82, 2.24) is 15.1 Å². The number of likely N-dealkylation sites (N-methyl/N-ethyl adjacent to an activating group) is 1. The van der Waals surface area contributed by atoms with Crippen LogP contribution in [0, 0.1) is 17.0 Å².